The molecule has 1 N–H and O–H groups in total. The monoisotopic (exact) mass is 483 g/mol. The van der Waals surface area contributed by atoms with Crippen molar-refractivity contribution in [3.8, 4) is 5.75 Å². The van der Waals surface area contributed by atoms with Gasteiger partial charge in [0.15, 0.2) is 0 Å². The number of amides is 1. The van der Waals surface area contributed by atoms with Crippen LogP contribution < -0.4 is 4.74 Å². The lowest BCUT2D eigenvalue weighted by Gasteiger charge is -2.39. The Morgan fingerprint density at radius 3 is 2.46 bits per heavy atom. The van der Waals surface area contributed by atoms with Gasteiger partial charge < -0.3 is 19.5 Å². The van der Waals surface area contributed by atoms with Gasteiger partial charge in [0.05, 0.1) is 31.6 Å². The third kappa shape index (κ3) is 5.17. The number of carbonyl (C=O) groups excluding carboxylic acids is 1. The molecule has 190 valence electrons. The van der Waals surface area contributed by atoms with E-state index in [9.17, 15) is 14.7 Å². The highest BCUT2D eigenvalue weighted by molar-refractivity contribution is 5.99. The summed E-state index contributed by atoms with van der Waals surface area (Å²) in [4.78, 5) is 37.4. The van der Waals surface area contributed by atoms with Crippen molar-refractivity contribution in [3.05, 3.63) is 53.6 Å². The number of aromatic nitrogens is 2. The second-order valence-electron chi connectivity index (χ2n) is 10.8. The van der Waals surface area contributed by atoms with Gasteiger partial charge in [-0.2, -0.15) is 0 Å². The highest BCUT2D eigenvalue weighted by atomic mass is 16.5. The van der Waals surface area contributed by atoms with Gasteiger partial charge in [0.25, 0.3) is 5.91 Å². The van der Waals surface area contributed by atoms with E-state index < -0.39 is 17.6 Å². The predicted octanol–water partition coefficient (Wildman–Crippen LogP) is 4.50. The number of ether oxygens (including phenoxy) is 2. The van der Waals surface area contributed by atoms with Gasteiger partial charge in [-0.15, -0.1) is 0 Å². The van der Waals surface area contributed by atoms with Crippen LogP contribution in [0.5, 0.6) is 5.75 Å². The van der Waals surface area contributed by atoms with E-state index in [0.717, 1.165) is 5.56 Å². The van der Waals surface area contributed by atoms with Crippen LogP contribution in [0, 0.1) is 11.8 Å². The number of carboxylic acids is 1. The third-order valence-corrected chi connectivity index (χ3v) is 6.67. The Hall–Kier alpha value is -3.00. The van der Waals surface area contributed by atoms with E-state index in [-0.39, 0.29) is 29.6 Å². The minimum Gasteiger partial charge on any atom is -0.496 e. The molecular weight excluding hydrogens is 446 g/mol. The summed E-state index contributed by atoms with van der Waals surface area (Å²) in [5, 5.41) is 10.6. The van der Waals surface area contributed by atoms with Crippen molar-refractivity contribution in [1.82, 2.24) is 14.9 Å². The number of aliphatic carboxylic acids is 1. The first-order valence-electron chi connectivity index (χ1n) is 12.0. The molecule has 3 atom stereocenters. The molecule has 2 heterocycles. The Labute approximate surface area is 207 Å². The molecule has 1 saturated heterocycles. The topological polar surface area (TPSA) is 102 Å². The molecular formula is C27H37N3O5. The van der Waals surface area contributed by atoms with E-state index in [1.165, 1.54) is 4.90 Å². The molecule has 35 heavy (non-hydrogen) atoms. The molecule has 0 aliphatic carbocycles. The van der Waals surface area contributed by atoms with Crippen LogP contribution in [-0.2, 0) is 14.9 Å². The molecule has 0 bridgehead atoms. The van der Waals surface area contributed by atoms with Crippen molar-refractivity contribution in [2.75, 3.05) is 20.8 Å². The summed E-state index contributed by atoms with van der Waals surface area (Å²) in [5.74, 6) is -1.02. The summed E-state index contributed by atoms with van der Waals surface area (Å²) in [5.41, 5.74) is 0.290. The van der Waals surface area contributed by atoms with Crippen LogP contribution in [0.3, 0.4) is 0 Å². The zero-order valence-corrected chi connectivity index (χ0v) is 21.7. The summed E-state index contributed by atoms with van der Waals surface area (Å²) >= 11 is 0. The van der Waals surface area contributed by atoms with Gasteiger partial charge >= 0.3 is 5.97 Å². The molecule has 8 heteroatoms. The summed E-state index contributed by atoms with van der Waals surface area (Å²) < 4.78 is 11.1. The van der Waals surface area contributed by atoms with Gasteiger partial charge in [-0.25, -0.2) is 4.79 Å². The minimum atomic E-state index is -1.41. The molecule has 1 aliphatic rings. The number of hydrogen-bond acceptors (Lipinski definition) is 6. The quantitative estimate of drug-likeness (QED) is 0.590. The van der Waals surface area contributed by atoms with Gasteiger partial charge in [-0.05, 0) is 41.9 Å². The number of likely N-dealkylation sites (tertiary alicyclic amines) is 1. The van der Waals surface area contributed by atoms with E-state index in [4.69, 9.17) is 9.47 Å². The fourth-order valence-electron chi connectivity index (χ4n) is 5.36. The van der Waals surface area contributed by atoms with Crippen LogP contribution >= 0.6 is 0 Å². The Morgan fingerprint density at radius 1 is 1.23 bits per heavy atom. The van der Waals surface area contributed by atoms with E-state index in [1.807, 2.05) is 19.9 Å². The molecule has 3 rings (SSSR count). The van der Waals surface area contributed by atoms with Crippen LogP contribution in [0.15, 0.2) is 36.8 Å². The molecule has 0 saturated carbocycles. The third-order valence-electron chi connectivity index (χ3n) is 6.67. The standard InChI is InChI=1S/C27H37N3O5/c1-17(2)13-27(25(32)33)14-19(16-34-6)23(21-15-28-10-11-29-21)30(27)24(31)18-8-9-20(26(3,4)5)22(12-18)35-7/h8-12,15,17,19,23H,13-14,16H2,1-7H3,(H,32,33)/t19-,23+,27-/m0/s1. The van der Waals surface area contributed by atoms with E-state index >= 15 is 0 Å². The maximum atomic E-state index is 14.2. The first-order valence-corrected chi connectivity index (χ1v) is 12.0. The summed E-state index contributed by atoms with van der Waals surface area (Å²) in [6.45, 7) is 10.5. The number of hydrogen-bond donors (Lipinski definition) is 1. The van der Waals surface area contributed by atoms with Gasteiger partial charge in [-0.3, -0.25) is 14.8 Å². The molecule has 1 aliphatic heterocycles. The molecule has 1 fully saturated rings. The highest BCUT2D eigenvalue weighted by Gasteiger charge is 2.59. The lowest BCUT2D eigenvalue weighted by atomic mass is 9.83. The summed E-state index contributed by atoms with van der Waals surface area (Å²) in [6.07, 6.45) is 5.29. The first kappa shape index (κ1) is 26.6. The zero-order chi connectivity index (χ0) is 26.0. The lowest BCUT2D eigenvalue weighted by Crippen LogP contribution is -2.54. The van der Waals surface area contributed by atoms with Gasteiger partial charge in [-0.1, -0.05) is 40.7 Å². The predicted molar refractivity (Wildman–Crippen MR) is 132 cm³/mol. The minimum absolute atomic E-state index is 0.0444. The van der Waals surface area contributed by atoms with Crippen molar-refractivity contribution in [2.45, 2.75) is 64.5 Å². The van der Waals surface area contributed by atoms with Crippen molar-refractivity contribution in [3.63, 3.8) is 0 Å². The summed E-state index contributed by atoms with van der Waals surface area (Å²) in [7, 11) is 3.16. The Balaban J connectivity index is 2.22. The largest absolute Gasteiger partial charge is 0.496 e. The Bertz CT molecular complexity index is 1050. The molecule has 1 aromatic heterocycles. The second-order valence-corrected chi connectivity index (χ2v) is 10.8. The highest BCUT2D eigenvalue weighted by Crippen LogP contribution is 2.50. The maximum Gasteiger partial charge on any atom is 0.329 e. The van der Waals surface area contributed by atoms with Crippen LogP contribution in [0.1, 0.15) is 75.1 Å². The number of methoxy groups -OCH3 is 2. The number of benzene rings is 1. The molecule has 1 amide bonds. The molecule has 0 spiro atoms. The van der Waals surface area contributed by atoms with E-state index in [0.29, 0.717) is 30.0 Å². The number of rotatable bonds is 8. The number of carbonyl (C=O) groups is 2. The fourth-order valence-corrected chi connectivity index (χ4v) is 5.36. The molecule has 2 aromatic rings. The van der Waals surface area contributed by atoms with E-state index in [2.05, 4.69) is 30.7 Å². The van der Waals surface area contributed by atoms with Crippen LogP contribution in [-0.4, -0.2) is 58.2 Å². The van der Waals surface area contributed by atoms with Gasteiger partial charge in [0, 0.05) is 31.0 Å². The average Bonchev–Trinajstić information content (AvgIpc) is 3.12. The van der Waals surface area contributed by atoms with Crippen molar-refractivity contribution in [1.29, 1.82) is 0 Å². The van der Waals surface area contributed by atoms with Gasteiger partial charge in [0.1, 0.15) is 11.3 Å². The zero-order valence-electron chi connectivity index (χ0n) is 21.7. The van der Waals surface area contributed by atoms with Crippen LogP contribution in [0.25, 0.3) is 0 Å². The van der Waals surface area contributed by atoms with Gasteiger partial charge in [0.2, 0.25) is 0 Å². The number of nitrogens with zero attached hydrogens (tertiary/aromatic N) is 3. The van der Waals surface area contributed by atoms with Crippen molar-refractivity contribution < 1.29 is 24.2 Å². The molecule has 0 radical (unpaired) electrons. The van der Waals surface area contributed by atoms with E-state index in [1.54, 1.807) is 44.9 Å². The fraction of sp³-hybridized carbons (Fsp3) is 0.556. The number of carboxylic acid groups (broad SMARTS) is 1. The normalized spacial score (nSPS) is 22.5. The Morgan fingerprint density at radius 2 is 1.94 bits per heavy atom. The Kier molecular flexibility index (Phi) is 7.84. The van der Waals surface area contributed by atoms with Crippen molar-refractivity contribution in [2.24, 2.45) is 11.8 Å². The van der Waals surface area contributed by atoms with Crippen LogP contribution in [0.4, 0.5) is 0 Å². The lowest BCUT2D eigenvalue weighted by molar-refractivity contribution is -0.150. The summed E-state index contributed by atoms with van der Waals surface area (Å²) in [6, 6.07) is 4.75. The van der Waals surface area contributed by atoms with Crippen molar-refractivity contribution >= 4 is 11.9 Å². The second kappa shape index (κ2) is 10.3. The maximum absolute atomic E-state index is 14.2. The van der Waals surface area contributed by atoms with Crippen LogP contribution in [0.2, 0.25) is 0 Å². The molecule has 1 aromatic carbocycles. The first-order chi connectivity index (χ1) is 16.5. The molecule has 8 nitrogen and oxygen atoms in total. The average molecular weight is 484 g/mol. The smallest absolute Gasteiger partial charge is 0.329 e. The SMILES string of the molecule is COC[C@@H]1C[C@@](CC(C)C)(C(=O)O)N(C(=O)c2ccc(C(C)(C)C)c(OC)c2)[C@H]1c1cnccn1. The molecule has 0 unspecified atom stereocenters.